The smallest absolute Gasteiger partial charge is 0.323 e. The van der Waals surface area contributed by atoms with Crippen LogP contribution in [-0.4, -0.2) is 28.8 Å². The Hall–Kier alpha value is -1.36. The SMILES string of the molecule is CCOC(=O)C(N)Cc1ccn[nH]1. The van der Waals surface area contributed by atoms with Gasteiger partial charge in [0.1, 0.15) is 6.04 Å². The molecule has 0 saturated heterocycles. The second kappa shape index (κ2) is 4.61. The first kappa shape index (κ1) is 9.73. The number of aromatic amines is 1. The summed E-state index contributed by atoms with van der Waals surface area (Å²) in [6, 6.07) is 1.17. The van der Waals surface area contributed by atoms with Crippen molar-refractivity contribution in [2.24, 2.45) is 5.73 Å². The highest BCUT2D eigenvalue weighted by Crippen LogP contribution is 1.98. The van der Waals surface area contributed by atoms with Gasteiger partial charge in [0.2, 0.25) is 0 Å². The number of ether oxygens (including phenoxy) is 1. The minimum atomic E-state index is -0.611. The summed E-state index contributed by atoms with van der Waals surface area (Å²) < 4.78 is 4.75. The molecule has 5 nitrogen and oxygen atoms in total. The second-order valence-corrected chi connectivity index (χ2v) is 2.64. The third kappa shape index (κ3) is 2.87. The maximum atomic E-state index is 11.1. The summed E-state index contributed by atoms with van der Waals surface area (Å²) in [4.78, 5) is 11.1. The standard InChI is InChI=1S/C8H13N3O2/c1-2-13-8(12)7(9)5-6-3-4-10-11-6/h3-4,7H,2,5,9H2,1H3,(H,10,11). The highest BCUT2D eigenvalue weighted by Gasteiger charge is 2.15. The Balaban J connectivity index is 2.41. The second-order valence-electron chi connectivity index (χ2n) is 2.64. The minimum absolute atomic E-state index is 0.357. The molecule has 1 rings (SSSR count). The maximum absolute atomic E-state index is 11.1. The molecule has 1 heterocycles. The van der Waals surface area contributed by atoms with Crippen molar-refractivity contribution < 1.29 is 9.53 Å². The number of nitrogens with zero attached hydrogens (tertiary/aromatic N) is 1. The number of rotatable bonds is 4. The van der Waals surface area contributed by atoms with Crippen LogP contribution in [0.15, 0.2) is 12.3 Å². The van der Waals surface area contributed by atoms with Gasteiger partial charge in [-0.05, 0) is 13.0 Å². The van der Waals surface area contributed by atoms with Gasteiger partial charge in [0.15, 0.2) is 0 Å². The van der Waals surface area contributed by atoms with Crippen LogP contribution >= 0.6 is 0 Å². The predicted octanol–water partition coefficient (Wildman–Crippen LogP) is -0.157. The molecule has 5 heteroatoms. The van der Waals surface area contributed by atoms with Gasteiger partial charge in [0.05, 0.1) is 6.61 Å². The number of esters is 1. The lowest BCUT2D eigenvalue weighted by Gasteiger charge is -2.08. The first-order chi connectivity index (χ1) is 6.24. The summed E-state index contributed by atoms with van der Waals surface area (Å²) in [6.07, 6.45) is 2.05. The number of nitrogens with two attached hydrogens (primary N) is 1. The van der Waals surface area contributed by atoms with Crippen molar-refractivity contribution in [3.05, 3.63) is 18.0 Å². The molecule has 1 unspecified atom stereocenters. The molecule has 0 amide bonds. The molecule has 0 bridgehead atoms. The van der Waals surface area contributed by atoms with Gasteiger partial charge in [-0.15, -0.1) is 0 Å². The van der Waals surface area contributed by atoms with Crippen LogP contribution in [0.5, 0.6) is 0 Å². The predicted molar refractivity (Wildman–Crippen MR) is 46.9 cm³/mol. The molecule has 1 aromatic rings. The molecule has 0 aliphatic heterocycles. The molecule has 1 atom stereocenters. The largest absolute Gasteiger partial charge is 0.465 e. The Labute approximate surface area is 76.3 Å². The van der Waals surface area contributed by atoms with E-state index in [4.69, 9.17) is 10.5 Å². The molecule has 0 radical (unpaired) electrons. The Morgan fingerprint density at radius 2 is 2.62 bits per heavy atom. The van der Waals surface area contributed by atoms with Crippen LogP contribution in [-0.2, 0) is 16.0 Å². The minimum Gasteiger partial charge on any atom is -0.465 e. The highest BCUT2D eigenvalue weighted by atomic mass is 16.5. The summed E-state index contributed by atoms with van der Waals surface area (Å²) in [6.45, 7) is 2.11. The fourth-order valence-electron chi connectivity index (χ4n) is 0.968. The normalized spacial score (nSPS) is 12.5. The van der Waals surface area contributed by atoms with E-state index in [1.807, 2.05) is 0 Å². The van der Waals surface area contributed by atoms with Crippen LogP contribution in [0.25, 0.3) is 0 Å². The molecule has 0 saturated carbocycles. The van der Waals surface area contributed by atoms with E-state index in [1.54, 1.807) is 19.2 Å². The number of hydrogen-bond acceptors (Lipinski definition) is 4. The molecule has 0 fully saturated rings. The van der Waals surface area contributed by atoms with E-state index in [0.717, 1.165) is 5.69 Å². The van der Waals surface area contributed by atoms with E-state index in [-0.39, 0.29) is 5.97 Å². The van der Waals surface area contributed by atoms with E-state index >= 15 is 0 Å². The molecule has 0 aromatic carbocycles. The third-order valence-electron chi connectivity index (χ3n) is 1.59. The van der Waals surface area contributed by atoms with Crippen molar-refractivity contribution in [3.8, 4) is 0 Å². The lowest BCUT2D eigenvalue weighted by atomic mass is 10.2. The van der Waals surface area contributed by atoms with E-state index in [2.05, 4.69) is 10.2 Å². The first-order valence-corrected chi connectivity index (χ1v) is 4.14. The number of aromatic nitrogens is 2. The van der Waals surface area contributed by atoms with Crippen molar-refractivity contribution in [3.63, 3.8) is 0 Å². The summed E-state index contributed by atoms with van der Waals surface area (Å²) in [7, 11) is 0. The topological polar surface area (TPSA) is 81.0 Å². The van der Waals surface area contributed by atoms with Crippen molar-refractivity contribution in [2.75, 3.05) is 6.61 Å². The zero-order chi connectivity index (χ0) is 9.68. The number of hydrogen-bond donors (Lipinski definition) is 2. The first-order valence-electron chi connectivity index (χ1n) is 4.14. The van der Waals surface area contributed by atoms with E-state index in [1.165, 1.54) is 0 Å². The number of nitrogens with one attached hydrogen (secondary N) is 1. The summed E-state index contributed by atoms with van der Waals surface area (Å²) in [5.74, 6) is -0.378. The van der Waals surface area contributed by atoms with Crippen LogP contribution in [0.3, 0.4) is 0 Å². The van der Waals surface area contributed by atoms with Gasteiger partial charge in [0, 0.05) is 18.3 Å². The van der Waals surface area contributed by atoms with Crippen LogP contribution in [0.1, 0.15) is 12.6 Å². The lowest BCUT2D eigenvalue weighted by molar-refractivity contribution is -0.144. The fourth-order valence-corrected chi connectivity index (χ4v) is 0.968. The van der Waals surface area contributed by atoms with Crippen LogP contribution in [0.4, 0.5) is 0 Å². The van der Waals surface area contributed by atoms with Gasteiger partial charge < -0.3 is 10.5 Å². The van der Waals surface area contributed by atoms with Gasteiger partial charge in [-0.25, -0.2) is 0 Å². The monoisotopic (exact) mass is 183 g/mol. The van der Waals surface area contributed by atoms with Crippen LogP contribution in [0.2, 0.25) is 0 Å². The average molecular weight is 183 g/mol. The number of carbonyl (C=O) groups is 1. The molecule has 0 spiro atoms. The zero-order valence-electron chi connectivity index (χ0n) is 7.49. The Kier molecular flexibility index (Phi) is 3.45. The average Bonchev–Trinajstić information content (AvgIpc) is 2.57. The molecular weight excluding hydrogens is 170 g/mol. The van der Waals surface area contributed by atoms with Crippen molar-refractivity contribution >= 4 is 5.97 Å². The lowest BCUT2D eigenvalue weighted by Crippen LogP contribution is -2.34. The Morgan fingerprint density at radius 3 is 3.15 bits per heavy atom. The highest BCUT2D eigenvalue weighted by molar-refractivity contribution is 5.75. The molecular formula is C8H13N3O2. The van der Waals surface area contributed by atoms with E-state index in [0.29, 0.717) is 13.0 Å². The van der Waals surface area contributed by atoms with Gasteiger partial charge in [-0.3, -0.25) is 9.89 Å². The molecule has 3 N–H and O–H groups in total. The quantitative estimate of drug-likeness (QED) is 0.636. The third-order valence-corrected chi connectivity index (χ3v) is 1.59. The van der Waals surface area contributed by atoms with E-state index in [9.17, 15) is 4.79 Å². The van der Waals surface area contributed by atoms with Gasteiger partial charge in [-0.2, -0.15) is 5.10 Å². The Bertz CT molecular complexity index is 258. The Morgan fingerprint density at radius 1 is 1.85 bits per heavy atom. The summed E-state index contributed by atoms with van der Waals surface area (Å²) in [5.41, 5.74) is 6.41. The van der Waals surface area contributed by atoms with Gasteiger partial charge in [0.25, 0.3) is 0 Å². The fraction of sp³-hybridized carbons (Fsp3) is 0.500. The van der Waals surface area contributed by atoms with Crippen molar-refractivity contribution in [2.45, 2.75) is 19.4 Å². The van der Waals surface area contributed by atoms with Gasteiger partial charge >= 0.3 is 5.97 Å². The summed E-state index contributed by atoms with van der Waals surface area (Å²) >= 11 is 0. The number of carbonyl (C=O) groups excluding carboxylic acids is 1. The van der Waals surface area contributed by atoms with E-state index < -0.39 is 6.04 Å². The molecule has 1 aromatic heterocycles. The van der Waals surface area contributed by atoms with Crippen molar-refractivity contribution in [1.29, 1.82) is 0 Å². The van der Waals surface area contributed by atoms with Crippen LogP contribution in [0, 0.1) is 0 Å². The molecule has 13 heavy (non-hydrogen) atoms. The van der Waals surface area contributed by atoms with Crippen molar-refractivity contribution in [1.82, 2.24) is 10.2 Å². The maximum Gasteiger partial charge on any atom is 0.323 e. The number of H-pyrrole nitrogens is 1. The van der Waals surface area contributed by atoms with Gasteiger partial charge in [-0.1, -0.05) is 0 Å². The van der Waals surface area contributed by atoms with Crippen LogP contribution < -0.4 is 5.73 Å². The zero-order valence-corrected chi connectivity index (χ0v) is 7.49. The molecule has 0 aliphatic carbocycles. The summed E-state index contributed by atoms with van der Waals surface area (Å²) in [5, 5.41) is 6.48. The molecule has 0 aliphatic rings. The molecule has 72 valence electrons.